The number of aliphatic hydroxyl groups excluding tert-OH is 1. The summed E-state index contributed by atoms with van der Waals surface area (Å²) >= 11 is 0. The summed E-state index contributed by atoms with van der Waals surface area (Å²) in [5, 5.41) is 33.6. The van der Waals surface area contributed by atoms with E-state index in [9.17, 15) is 53.1 Å². The summed E-state index contributed by atoms with van der Waals surface area (Å²) in [4.78, 5) is 175. The summed E-state index contributed by atoms with van der Waals surface area (Å²) in [7, 11) is 1.44. The lowest BCUT2D eigenvalue weighted by molar-refractivity contribution is -0.144. The number of guanidine groups is 1. The van der Waals surface area contributed by atoms with Crippen molar-refractivity contribution in [1.82, 2.24) is 51.5 Å². The zero-order valence-corrected chi connectivity index (χ0v) is 54.7. The molecule has 29 nitrogen and oxygen atoms in total. The lowest BCUT2D eigenvalue weighted by Crippen LogP contribution is -2.58. The van der Waals surface area contributed by atoms with Crippen molar-refractivity contribution in [1.29, 1.82) is 0 Å². The number of benzene rings is 1. The maximum absolute atomic E-state index is 15.5. The van der Waals surface area contributed by atoms with Crippen molar-refractivity contribution in [3.05, 3.63) is 47.9 Å². The summed E-state index contributed by atoms with van der Waals surface area (Å²) in [6.07, 6.45) is 5.23. The maximum atomic E-state index is 15.5. The second kappa shape index (κ2) is 36.1. The molecule has 5 rings (SSSR count). The van der Waals surface area contributed by atoms with Gasteiger partial charge in [0.15, 0.2) is 23.3 Å². The molecule has 2 aliphatic rings. The zero-order valence-electron chi connectivity index (χ0n) is 54.7. The average molecular weight is 1300 g/mol. The number of aromatic amines is 1. The summed E-state index contributed by atoms with van der Waals surface area (Å²) in [5.41, 5.74) is 30.4. The number of nitrogens with zero attached hydrogens (tertiary/aromatic N) is 5. The van der Waals surface area contributed by atoms with Gasteiger partial charge in [-0.15, -0.1) is 5.10 Å². The lowest BCUT2D eigenvalue weighted by atomic mass is 9.84. The van der Waals surface area contributed by atoms with Crippen molar-refractivity contribution in [3.8, 4) is 0 Å². The molecule has 512 valence electrons. The number of likely N-dealkylation sites (tertiary alicyclic amines) is 1. The molecular formula is C64H98N16O13. The SMILES string of the molecule is CCC(C)[C@H](CC(=O)[C@@H](N)CCCN=C(N)N)C(=O)N[C@@H](CC(N)=O)C(=O)C[C@@H](CC(N)=O)C(=O)N[C@H](C(=O)N1C[C@@H](n2cc(C3CCCC3)nn2)CC1C(=O)N[C@@H](Cc1c[nH]c2ccccc12)C(=O)C[C@@H](CO)C(=O)N[C@@H](CC)C(=O)C[C@@H](C)C(=O)NC)C(C)CC. The van der Waals surface area contributed by atoms with Crippen LogP contribution in [0.3, 0.4) is 0 Å². The highest BCUT2D eigenvalue weighted by Gasteiger charge is 2.46. The third kappa shape index (κ3) is 21.5. The number of primary amides is 2. The van der Waals surface area contributed by atoms with Crippen LogP contribution >= 0.6 is 0 Å². The third-order valence-electron chi connectivity index (χ3n) is 18.3. The maximum Gasteiger partial charge on any atom is 0.246 e. The molecular weight excluding hydrogens is 1200 g/mol. The largest absolute Gasteiger partial charge is 0.396 e. The van der Waals surface area contributed by atoms with Crippen molar-refractivity contribution >= 4 is 87.3 Å². The van der Waals surface area contributed by atoms with Crippen molar-refractivity contribution in [2.24, 2.45) is 69.2 Å². The first-order chi connectivity index (χ1) is 44.1. The van der Waals surface area contributed by atoms with Gasteiger partial charge in [-0.1, -0.05) is 90.6 Å². The van der Waals surface area contributed by atoms with Gasteiger partial charge in [0, 0.05) is 106 Å². The van der Waals surface area contributed by atoms with Crippen LogP contribution in [0.4, 0.5) is 0 Å². The van der Waals surface area contributed by atoms with Gasteiger partial charge in [-0.05, 0) is 55.6 Å². The van der Waals surface area contributed by atoms with Crippen molar-refractivity contribution < 1.29 is 62.6 Å². The molecule has 2 fully saturated rings. The lowest BCUT2D eigenvalue weighted by Gasteiger charge is -2.33. The van der Waals surface area contributed by atoms with Gasteiger partial charge in [0.05, 0.1) is 60.8 Å². The molecule has 2 aromatic heterocycles. The number of aliphatic hydroxyl groups is 1. The summed E-state index contributed by atoms with van der Waals surface area (Å²) < 4.78 is 1.59. The van der Waals surface area contributed by atoms with Crippen LogP contribution in [-0.2, 0) is 64.0 Å². The molecule has 0 spiro atoms. The number of aliphatic imine (C=N–C) groups is 1. The number of ketones is 4. The first-order valence-corrected chi connectivity index (χ1v) is 32.4. The number of carbonyl (C=O) groups is 12. The van der Waals surface area contributed by atoms with E-state index in [2.05, 4.69) is 46.9 Å². The minimum absolute atomic E-state index is 0.0574. The first kappa shape index (κ1) is 75.3. The second-order valence-electron chi connectivity index (χ2n) is 25.2. The molecule has 1 saturated carbocycles. The number of hydrogen-bond donors (Lipinski definition) is 12. The third-order valence-corrected chi connectivity index (χ3v) is 18.3. The molecule has 1 saturated heterocycles. The van der Waals surface area contributed by atoms with Crippen LogP contribution in [0.25, 0.3) is 10.9 Å². The molecule has 17 N–H and O–H groups in total. The fourth-order valence-electron chi connectivity index (χ4n) is 12.1. The number of rotatable bonds is 40. The Hall–Kier alpha value is -8.47. The molecule has 1 aliphatic heterocycles. The number of fused-ring (bicyclic) bond motifs is 1. The number of para-hydroxylation sites is 1. The average Bonchev–Trinajstić information content (AvgIpc) is 1.66. The van der Waals surface area contributed by atoms with Gasteiger partial charge >= 0.3 is 0 Å². The Bertz CT molecular complexity index is 3150. The molecule has 3 unspecified atom stereocenters. The summed E-state index contributed by atoms with van der Waals surface area (Å²) in [6, 6.07) is -1.23. The van der Waals surface area contributed by atoms with E-state index in [1.807, 2.05) is 18.2 Å². The number of nitrogens with one attached hydrogen (secondary N) is 6. The fourth-order valence-corrected chi connectivity index (χ4v) is 12.1. The van der Waals surface area contributed by atoms with Crippen LogP contribution in [-0.4, -0.2) is 169 Å². The van der Waals surface area contributed by atoms with Gasteiger partial charge in [0.1, 0.15) is 17.9 Å². The van der Waals surface area contributed by atoms with Crippen LogP contribution in [0.5, 0.6) is 0 Å². The van der Waals surface area contributed by atoms with E-state index in [1.54, 1.807) is 64.7 Å². The molecule has 3 aromatic rings. The van der Waals surface area contributed by atoms with Gasteiger partial charge in [-0.3, -0.25) is 62.5 Å². The molecule has 1 aromatic carbocycles. The minimum Gasteiger partial charge on any atom is -0.396 e. The normalized spacial score (nSPS) is 18.4. The van der Waals surface area contributed by atoms with Gasteiger partial charge in [0.2, 0.25) is 47.3 Å². The van der Waals surface area contributed by atoms with E-state index in [0.29, 0.717) is 18.4 Å². The summed E-state index contributed by atoms with van der Waals surface area (Å²) in [5.74, 6) is -14.6. The van der Waals surface area contributed by atoms with Gasteiger partial charge in [0.25, 0.3) is 0 Å². The van der Waals surface area contributed by atoms with Crippen LogP contribution in [0, 0.1) is 35.5 Å². The minimum atomic E-state index is -1.63. The fraction of sp³-hybridized carbons (Fsp3) is 0.641. The van der Waals surface area contributed by atoms with Crippen LogP contribution in [0.15, 0.2) is 41.7 Å². The Labute approximate surface area is 542 Å². The van der Waals surface area contributed by atoms with Gasteiger partial charge < -0.3 is 70.2 Å². The zero-order chi connectivity index (χ0) is 68.8. The quantitative estimate of drug-likeness (QED) is 0.0209. The number of nitrogens with two attached hydrogens (primary N) is 5. The van der Waals surface area contributed by atoms with Crippen LogP contribution in [0.1, 0.15) is 167 Å². The van der Waals surface area contributed by atoms with Crippen molar-refractivity contribution in [2.75, 3.05) is 26.7 Å². The van der Waals surface area contributed by atoms with E-state index < -0.39 is 175 Å². The number of aromatic nitrogens is 4. The second-order valence-corrected chi connectivity index (χ2v) is 25.2. The Balaban J connectivity index is 1.45. The Morgan fingerprint density at radius 2 is 1.33 bits per heavy atom. The van der Waals surface area contributed by atoms with E-state index in [0.717, 1.165) is 42.3 Å². The molecule has 0 radical (unpaired) electrons. The monoisotopic (exact) mass is 1300 g/mol. The van der Waals surface area contributed by atoms with E-state index in [-0.39, 0.29) is 75.8 Å². The van der Waals surface area contributed by atoms with E-state index >= 15 is 9.59 Å². The predicted molar refractivity (Wildman–Crippen MR) is 344 cm³/mol. The van der Waals surface area contributed by atoms with Crippen molar-refractivity contribution in [2.45, 2.75) is 199 Å². The number of amides is 8. The van der Waals surface area contributed by atoms with Crippen LogP contribution < -0.4 is 55.3 Å². The first-order valence-electron chi connectivity index (χ1n) is 32.4. The molecule has 93 heavy (non-hydrogen) atoms. The van der Waals surface area contributed by atoms with Gasteiger partial charge in [-0.2, -0.15) is 0 Å². The number of hydrogen-bond acceptors (Lipinski definition) is 17. The Kier molecular flexibility index (Phi) is 29.2. The van der Waals surface area contributed by atoms with Crippen molar-refractivity contribution in [3.63, 3.8) is 0 Å². The summed E-state index contributed by atoms with van der Waals surface area (Å²) in [6.45, 7) is 9.45. The van der Waals surface area contributed by atoms with Gasteiger partial charge in [-0.25, -0.2) is 4.68 Å². The molecule has 3 heterocycles. The predicted octanol–water partition coefficient (Wildman–Crippen LogP) is 0.435. The highest BCUT2D eigenvalue weighted by molar-refractivity contribution is 6.00. The molecule has 0 bridgehead atoms. The topological polar surface area (TPSA) is 477 Å². The molecule has 1 aliphatic carbocycles. The smallest absolute Gasteiger partial charge is 0.246 e. The van der Waals surface area contributed by atoms with E-state index in [4.69, 9.17) is 28.7 Å². The molecule has 29 heteroatoms. The van der Waals surface area contributed by atoms with E-state index in [1.165, 1.54) is 11.9 Å². The highest BCUT2D eigenvalue weighted by atomic mass is 16.3. The Morgan fingerprint density at radius 1 is 0.710 bits per heavy atom. The molecule has 8 amide bonds. The highest BCUT2D eigenvalue weighted by Crippen LogP contribution is 2.35. The Morgan fingerprint density at radius 3 is 1.96 bits per heavy atom. The van der Waals surface area contributed by atoms with Crippen LogP contribution in [0.2, 0.25) is 0 Å². The standard InChI is InChI=1S/C64H98N16O13/c1-8-34(4)43(28-51(82)44(65)19-15-21-71-64(68)69)61(91)74-48(29-56(67)87)53(84)24-38(26-55(66)86)59(89)76-57(35(5)9-2)63(93)79-31-41(80-32-49(77-78-80)37-16-11-12-17-37)27-50(79)62(92)75-47(23-39-30-72-46-20-14-13-18-42(39)46)54(85)25-40(33-81)60(90)73-45(10-3)52(83)22-36(6)58(88)70-7/h13-14,18,20,30,32,34-38,40-41,43-45,47-48,50,57,72,81H,8-12,15-17,19,21-29,31,33,65H2,1-7H3,(H2,66,86)(H2,67,87)(H,70,88)(H,73,90)(H,74,91)(H,75,92)(H,76,89)(H4,68,69,71)/t34?,35?,36-,38+,40+,41+,43+,44+,45+,47+,48+,50?,57+/m1/s1. The number of carbonyl (C=O) groups excluding carboxylic acids is 12. The number of Topliss-reactive ketones (excluding diaryl/α,β-unsaturated/α-hetero) is 4. The number of H-pyrrole nitrogens is 1. The molecule has 13 atom stereocenters.